The van der Waals surface area contributed by atoms with Crippen LogP contribution in [0.1, 0.15) is 32.6 Å². The average molecular weight is 579 g/mol. The van der Waals surface area contributed by atoms with Gasteiger partial charge in [-0.25, -0.2) is 4.79 Å². The second kappa shape index (κ2) is 23.7. The van der Waals surface area contributed by atoms with Gasteiger partial charge < -0.3 is 55.2 Å². The van der Waals surface area contributed by atoms with Crippen LogP contribution in [-0.2, 0) is 47.7 Å². The molecule has 0 aliphatic carbocycles. The molecule has 0 aromatic rings. The van der Waals surface area contributed by atoms with Gasteiger partial charge in [-0.2, -0.15) is 0 Å². The third-order valence-electron chi connectivity index (χ3n) is 5.07. The zero-order valence-electron chi connectivity index (χ0n) is 23.0. The first-order valence-corrected chi connectivity index (χ1v) is 12.8. The molecule has 0 heterocycles. The van der Waals surface area contributed by atoms with E-state index in [0.29, 0.717) is 0 Å². The van der Waals surface area contributed by atoms with Gasteiger partial charge in [-0.15, -0.1) is 0 Å². The number of carboxylic acids is 2. The molecule has 3 amide bonds. The molecule has 0 bridgehead atoms. The quantitative estimate of drug-likeness (QED) is 0.0593. The van der Waals surface area contributed by atoms with Crippen LogP contribution in [0.3, 0.4) is 0 Å². The van der Waals surface area contributed by atoms with E-state index in [1.54, 1.807) is 0 Å². The first-order chi connectivity index (χ1) is 19.1. The fourth-order valence-corrected chi connectivity index (χ4v) is 2.94. The number of rotatable bonds is 26. The number of ether oxygens (including phenoxy) is 4. The highest BCUT2D eigenvalue weighted by molar-refractivity contribution is 5.85. The Bertz CT molecular complexity index is 796. The van der Waals surface area contributed by atoms with Crippen LogP contribution >= 0.6 is 0 Å². The lowest BCUT2D eigenvalue weighted by Gasteiger charge is -2.14. The predicted molar refractivity (Wildman–Crippen MR) is 138 cm³/mol. The number of Topliss-reactive ketones (excluding diaryl/α,β-unsaturated/α-hetero) is 1. The number of carbonyl (C=O) groups excluding carboxylic acids is 4. The smallest absolute Gasteiger partial charge is 0.326 e. The predicted octanol–water partition coefficient (Wildman–Crippen LogP) is -2.32. The van der Waals surface area contributed by atoms with Crippen molar-refractivity contribution in [3.8, 4) is 0 Å². The Morgan fingerprint density at radius 3 is 1.60 bits per heavy atom. The van der Waals surface area contributed by atoms with Gasteiger partial charge in [0.05, 0.1) is 39.6 Å². The van der Waals surface area contributed by atoms with E-state index in [0.717, 1.165) is 0 Å². The molecule has 0 spiro atoms. The minimum absolute atomic E-state index is 0.00293. The van der Waals surface area contributed by atoms with E-state index >= 15 is 0 Å². The third-order valence-corrected chi connectivity index (χ3v) is 5.07. The van der Waals surface area contributed by atoms with Crippen molar-refractivity contribution in [3.05, 3.63) is 0 Å². The Kier molecular flexibility index (Phi) is 21.8. The van der Waals surface area contributed by atoms with Gasteiger partial charge in [-0.05, 0) is 26.8 Å². The highest BCUT2D eigenvalue weighted by Gasteiger charge is 2.20. The first kappa shape index (κ1) is 36.8. The summed E-state index contributed by atoms with van der Waals surface area (Å²) in [6.45, 7) is 2.40. The van der Waals surface area contributed by atoms with Gasteiger partial charge in [0.25, 0.3) is 0 Å². The molecule has 16 heteroatoms. The second-order valence-electron chi connectivity index (χ2n) is 8.45. The summed E-state index contributed by atoms with van der Waals surface area (Å²) in [5, 5.41) is 28.1. The fourth-order valence-electron chi connectivity index (χ4n) is 2.94. The monoisotopic (exact) mass is 578 g/mol. The van der Waals surface area contributed by atoms with Gasteiger partial charge in [0.1, 0.15) is 31.1 Å². The number of amides is 3. The molecular formula is C24H42N4O12. The Balaban J connectivity index is 3.59. The maximum absolute atomic E-state index is 11.8. The molecule has 0 aromatic carbocycles. The minimum Gasteiger partial charge on any atom is -0.480 e. The highest BCUT2D eigenvalue weighted by atomic mass is 16.5. The lowest BCUT2D eigenvalue weighted by Crippen LogP contribution is -2.42. The maximum atomic E-state index is 11.8. The van der Waals surface area contributed by atoms with Crippen LogP contribution in [0.15, 0.2) is 0 Å². The third kappa shape index (κ3) is 21.7. The van der Waals surface area contributed by atoms with Gasteiger partial charge in [-0.3, -0.25) is 19.2 Å². The number of ketones is 1. The van der Waals surface area contributed by atoms with Crippen LogP contribution in [0.25, 0.3) is 0 Å². The van der Waals surface area contributed by atoms with Gasteiger partial charge in [0.15, 0.2) is 0 Å². The minimum atomic E-state index is -1.23. The van der Waals surface area contributed by atoms with Crippen LogP contribution in [0.5, 0.6) is 0 Å². The summed E-state index contributed by atoms with van der Waals surface area (Å²) in [4.78, 5) is 68.1. The number of hydrogen-bond donors (Lipinski definition) is 6. The van der Waals surface area contributed by atoms with E-state index in [9.17, 15) is 28.8 Å². The van der Waals surface area contributed by atoms with Crippen LogP contribution in [0, 0.1) is 0 Å². The van der Waals surface area contributed by atoms with Crippen LogP contribution in [0.2, 0.25) is 0 Å². The van der Waals surface area contributed by atoms with E-state index in [-0.39, 0.29) is 109 Å². The van der Waals surface area contributed by atoms with Crippen molar-refractivity contribution in [2.24, 2.45) is 0 Å². The van der Waals surface area contributed by atoms with Crippen molar-refractivity contribution >= 4 is 35.4 Å². The number of nitrogens with one attached hydrogen (secondary N) is 4. The van der Waals surface area contributed by atoms with Crippen molar-refractivity contribution in [2.45, 2.75) is 44.7 Å². The highest BCUT2D eigenvalue weighted by Crippen LogP contribution is 1.99. The summed E-state index contributed by atoms with van der Waals surface area (Å²) in [5.41, 5.74) is 0. The summed E-state index contributed by atoms with van der Waals surface area (Å²) < 4.78 is 20.9. The molecule has 230 valence electrons. The van der Waals surface area contributed by atoms with Gasteiger partial charge >= 0.3 is 11.9 Å². The number of aliphatic carboxylic acids is 2. The number of carbonyl (C=O) groups is 6. The van der Waals surface area contributed by atoms with E-state index in [1.165, 1.54) is 14.0 Å². The van der Waals surface area contributed by atoms with Gasteiger partial charge in [0.2, 0.25) is 17.7 Å². The summed E-state index contributed by atoms with van der Waals surface area (Å²) in [7, 11) is 1.52. The normalized spacial score (nSPS) is 12.2. The van der Waals surface area contributed by atoms with Crippen LogP contribution < -0.4 is 21.3 Å². The maximum Gasteiger partial charge on any atom is 0.326 e. The summed E-state index contributed by atoms with van der Waals surface area (Å²) in [6.07, 6.45) is 0.306. The summed E-state index contributed by atoms with van der Waals surface area (Å²) in [5.74, 6) is -3.64. The van der Waals surface area contributed by atoms with Gasteiger partial charge in [-0.1, -0.05) is 0 Å². The average Bonchev–Trinajstić information content (AvgIpc) is 2.89. The SMILES string of the molecule is CNC(CCC(=O)NCCOCCOCC(=O)NCCOCCOCC(=O)NC(CCC(C)=O)C(=O)O)C(=O)O. The van der Waals surface area contributed by atoms with Crippen molar-refractivity contribution < 1.29 is 57.9 Å². The number of carboxylic acid groups (broad SMARTS) is 2. The fraction of sp³-hybridized carbons (Fsp3) is 0.750. The Hall–Kier alpha value is -3.18. The van der Waals surface area contributed by atoms with E-state index in [1.807, 2.05) is 0 Å². The molecule has 0 saturated carbocycles. The second-order valence-corrected chi connectivity index (χ2v) is 8.45. The number of likely N-dealkylation sites (N-methyl/N-ethyl adjacent to an activating group) is 1. The van der Waals surface area contributed by atoms with Crippen molar-refractivity contribution in [1.82, 2.24) is 21.3 Å². The zero-order valence-corrected chi connectivity index (χ0v) is 23.0. The molecule has 16 nitrogen and oxygen atoms in total. The van der Waals surface area contributed by atoms with Crippen LogP contribution in [-0.4, -0.2) is 131 Å². The Morgan fingerprint density at radius 2 is 1.10 bits per heavy atom. The molecule has 6 N–H and O–H groups in total. The van der Waals surface area contributed by atoms with Crippen molar-refractivity contribution in [1.29, 1.82) is 0 Å². The molecule has 2 unspecified atom stereocenters. The number of hydrogen-bond acceptors (Lipinski definition) is 11. The topological polar surface area (TPSA) is 228 Å². The first-order valence-electron chi connectivity index (χ1n) is 12.8. The molecule has 0 radical (unpaired) electrons. The lowest BCUT2D eigenvalue weighted by molar-refractivity contribution is -0.143. The molecule has 0 fully saturated rings. The van der Waals surface area contributed by atoms with E-state index in [2.05, 4.69) is 21.3 Å². The zero-order chi connectivity index (χ0) is 30.2. The Labute approximate surface area is 232 Å². The molecule has 0 aromatic heterocycles. The standard InChI is InChI=1S/C24H42N4O12/c1-17(29)3-4-19(24(35)36)28-22(32)16-40-14-12-38-10-8-27-21(31)15-39-13-11-37-9-7-26-20(30)6-5-18(25-2)23(33)34/h18-19,25H,3-16H2,1-2H3,(H,26,30)(H,27,31)(H,28,32)(H,33,34)(H,35,36). The largest absolute Gasteiger partial charge is 0.480 e. The van der Waals surface area contributed by atoms with Crippen molar-refractivity contribution in [2.75, 3.05) is 73.0 Å². The summed E-state index contributed by atoms with van der Waals surface area (Å²) in [6, 6.07) is -1.93. The molecule has 40 heavy (non-hydrogen) atoms. The van der Waals surface area contributed by atoms with E-state index in [4.69, 9.17) is 29.2 Å². The molecule has 0 saturated heterocycles. The molecule has 0 aliphatic rings. The van der Waals surface area contributed by atoms with Gasteiger partial charge in [0, 0.05) is 25.9 Å². The Morgan fingerprint density at radius 1 is 0.625 bits per heavy atom. The molecular weight excluding hydrogens is 536 g/mol. The molecule has 2 atom stereocenters. The lowest BCUT2D eigenvalue weighted by atomic mass is 10.1. The van der Waals surface area contributed by atoms with Crippen molar-refractivity contribution in [3.63, 3.8) is 0 Å². The van der Waals surface area contributed by atoms with Crippen LogP contribution in [0.4, 0.5) is 0 Å². The molecule has 0 rings (SSSR count). The molecule has 0 aliphatic heterocycles. The van der Waals surface area contributed by atoms with E-state index < -0.39 is 29.9 Å². The summed E-state index contributed by atoms with van der Waals surface area (Å²) >= 11 is 0.